The molecular formula is C11H15BrFNO. The van der Waals surface area contributed by atoms with Crippen molar-refractivity contribution in [2.24, 2.45) is 0 Å². The predicted molar refractivity (Wildman–Crippen MR) is 62.7 cm³/mol. The lowest BCUT2D eigenvalue weighted by atomic mass is 10.1. The lowest BCUT2D eigenvalue weighted by Crippen LogP contribution is -2.18. The second-order valence-electron chi connectivity index (χ2n) is 3.29. The van der Waals surface area contributed by atoms with Gasteiger partial charge >= 0.3 is 0 Å². The van der Waals surface area contributed by atoms with E-state index >= 15 is 0 Å². The number of methoxy groups -OCH3 is 1. The highest BCUT2D eigenvalue weighted by molar-refractivity contribution is 9.10. The molecule has 1 unspecified atom stereocenters. The highest BCUT2D eigenvalue weighted by atomic mass is 79.9. The van der Waals surface area contributed by atoms with E-state index in [1.54, 1.807) is 13.2 Å². The third kappa shape index (κ3) is 2.92. The zero-order chi connectivity index (χ0) is 11.4. The minimum atomic E-state index is -0.306. The summed E-state index contributed by atoms with van der Waals surface area (Å²) in [7, 11) is 1.55. The molecule has 4 heteroatoms. The zero-order valence-electron chi connectivity index (χ0n) is 9.10. The quantitative estimate of drug-likeness (QED) is 0.911. The average Bonchev–Trinajstić information content (AvgIpc) is 2.21. The number of hydrogen-bond acceptors (Lipinski definition) is 2. The van der Waals surface area contributed by atoms with Gasteiger partial charge in [-0.3, -0.25) is 0 Å². The highest BCUT2D eigenvalue weighted by Gasteiger charge is 2.13. The highest BCUT2D eigenvalue weighted by Crippen LogP contribution is 2.30. The Hall–Kier alpha value is -0.610. The van der Waals surface area contributed by atoms with Gasteiger partial charge in [-0.2, -0.15) is 0 Å². The third-order valence-electron chi connectivity index (χ3n) is 2.25. The van der Waals surface area contributed by atoms with Crippen molar-refractivity contribution in [1.82, 2.24) is 5.32 Å². The number of halogens is 2. The molecule has 1 atom stereocenters. The molecule has 1 aromatic carbocycles. The topological polar surface area (TPSA) is 21.3 Å². The van der Waals surface area contributed by atoms with Crippen molar-refractivity contribution in [2.45, 2.75) is 19.9 Å². The Kier molecular flexibility index (Phi) is 4.54. The number of ether oxygens (including phenoxy) is 1. The van der Waals surface area contributed by atoms with Crippen LogP contribution in [0.5, 0.6) is 5.75 Å². The van der Waals surface area contributed by atoms with Crippen LogP contribution in [-0.2, 0) is 0 Å². The van der Waals surface area contributed by atoms with Gasteiger partial charge in [0.05, 0.1) is 11.6 Å². The van der Waals surface area contributed by atoms with Crippen molar-refractivity contribution in [1.29, 1.82) is 0 Å². The molecular weight excluding hydrogens is 261 g/mol. The molecule has 2 nitrogen and oxygen atoms in total. The summed E-state index contributed by atoms with van der Waals surface area (Å²) in [6.45, 7) is 4.91. The Bertz CT molecular complexity index is 344. The monoisotopic (exact) mass is 275 g/mol. The molecule has 0 saturated heterocycles. The van der Waals surface area contributed by atoms with Gasteiger partial charge in [0.15, 0.2) is 0 Å². The number of nitrogens with one attached hydrogen (secondary N) is 1. The maximum Gasteiger partial charge on any atom is 0.141 e. The molecule has 0 spiro atoms. The minimum absolute atomic E-state index is 0.141. The summed E-state index contributed by atoms with van der Waals surface area (Å²) in [6, 6.07) is 3.29. The summed E-state index contributed by atoms with van der Waals surface area (Å²) in [5.41, 5.74) is 0.952. The number of benzene rings is 1. The van der Waals surface area contributed by atoms with Gasteiger partial charge in [0.1, 0.15) is 11.6 Å². The van der Waals surface area contributed by atoms with Gasteiger partial charge in [0, 0.05) is 17.7 Å². The van der Waals surface area contributed by atoms with Gasteiger partial charge in [0.25, 0.3) is 0 Å². The summed E-state index contributed by atoms with van der Waals surface area (Å²) in [6.07, 6.45) is 0. The van der Waals surface area contributed by atoms with Crippen LogP contribution in [0.1, 0.15) is 25.5 Å². The number of hydrogen-bond donors (Lipinski definition) is 1. The van der Waals surface area contributed by atoms with Gasteiger partial charge in [-0.05, 0) is 35.5 Å². The van der Waals surface area contributed by atoms with Crippen LogP contribution in [0.25, 0.3) is 0 Å². The van der Waals surface area contributed by atoms with Crippen LogP contribution in [0, 0.1) is 5.82 Å². The molecule has 0 amide bonds. The fourth-order valence-corrected chi connectivity index (χ4v) is 1.84. The van der Waals surface area contributed by atoms with Crippen LogP contribution in [0.2, 0.25) is 0 Å². The smallest absolute Gasteiger partial charge is 0.141 e. The molecule has 0 aliphatic heterocycles. The molecule has 1 aromatic rings. The van der Waals surface area contributed by atoms with Crippen LogP contribution in [-0.4, -0.2) is 13.7 Å². The first kappa shape index (κ1) is 12.5. The summed E-state index contributed by atoms with van der Waals surface area (Å²) in [5, 5.41) is 3.26. The van der Waals surface area contributed by atoms with E-state index in [4.69, 9.17) is 4.74 Å². The Balaban J connectivity index is 3.09. The number of rotatable bonds is 4. The zero-order valence-corrected chi connectivity index (χ0v) is 10.7. The minimum Gasteiger partial charge on any atom is -0.496 e. The Morgan fingerprint density at radius 3 is 2.73 bits per heavy atom. The van der Waals surface area contributed by atoms with Gasteiger partial charge in [-0.25, -0.2) is 4.39 Å². The van der Waals surface area contributed by atoms with E-state index in [-0.39, 0.29) is 11.9 Å². The van der Waals surface area contributed by atoms with Crippen molar-refractivity contribution < 1.29 is 9.13 Å². The van der Waals surface area contributed by atoms with Crippen LogP contribution in [0.4, 0.5) is 4.39 Å². The molecule has 1 N–H and O–H groups in total. The van der Waals surface area contributed by atoms with Crippen molar-refractivity contribution in [3.8, 4) is 5.75 Å². The lowest BCUT2D eigenvalue weighted by Gasteiger charge is -2.17. The molecule has 0 heterocycles. The van der Waals surface area contributed by atoms with Crippen LogP contribution < -0.4 is 10.1 Å². The molecule has 0 radical (unpaired) electrons. The van der Waals surface area contributed by atoms with E-state index in [0.717, 1.165) is 12.1 Å². The fraction of sp³-hybridized carbons (Fsp3) is 0.455. The molecule has 0 bridgehead atoms. The molecule has 0 saturated carbocycles. The second-order valence-corrected chi connectivity index (χ2v) is 4.14. The third-order valence-corrected chi connectivity index (χ3v) is 2.86. The average molecular weight is 276 g/mol. The molecule has 1 rings (SSSR count). The van der Waals surface area contributed by atoms with Gasteiger partial charge in [-0.1, -0.05) is 6.92 Å². The van der Waals surface area contributed by atoms with Crippen molar-refractivity contribution in [3.05, 3.63) is 28.0 Å². The molecule has 0 fully saturated rings. The van der Waals surface area contributed by atoms with Crippen LogP contribution >= 0.6 is 15.9 Å². The first-order valence-electron chi connectivity index (χ1n) is 4.86. The van der Waals surface area contributed by atoms with Crippen LogP contribution in [0.15, 0.2) is 16.6 Å². The SMILES string of the molecule is CCNC(C)c1cc(Br)c(F)cc1OC. The molecule has 0 aliphatic carbocycles. The fourth-order valence-electron chi connectivity index (χ4n) is 1.48. The normalized spacial score (nSPS) is 12.6. The Morgan fingerprint density at radius 2 is 2.20 bits per heavy atom. The van der Waals surface area contributed by atoms with Crippen molar-refractivity contribution in [2.75, 3.05) is 13.7 Å². The van der Waals surface area contributed by atoms with E-state index in [9.17, 15) is 4.39 Å². The van der Waals surface area contributed by atoms with Gasteiger partial charge in [0.2, 0.25) is 0 Å². The van der Waals surface area contributed by atoms with E-state index < -0.39 is 0 Å². The standard InChI is InChI=1S/C11H15BrFNO/c1-4-14-7(2)8-5-9(12)10(13)6-11(8)15-3/h5-7,14H,4H2,1-3H3. The van der Waals surface area contributed by atoms with E-state index in [0.29, 0.717) is 10.2 Å². The predicted octanol–water partition coefficient (Wildman–Crippen LogP) is 3.27. The second kappa shape index (κ2) is 5.47. The summed E-state index contributed by atoms with van der Waals surface area (Å²) in [4.78, 5) is 0. The van der Waals surface area contributed by atoms with Crippen LogP contribution in [0.3, 0.4) is 0 Å². The summed E-state index contributed by atoms with van der Waals surface area (Å²) >= 11 is 3.17. The molecule has 0 aliphatic rings. The molecule has 0 aromatic heterocycles. The summed E-state index contributed by atoms with van der Waals surface area (Å²) in [5.74, 6) is 0.267. The lowest BCUT2D eigenvalue weighted by molar-refractivity contribution is 0.398. The van der Waals surface area contributed by atoms with Gasteiger partial charge < -0.3 is 10.1 Å². The maximum atomic E-state index is 13.2. The Morgan fingerprint density at radius 1 is 1.53 bits per heavy atom. The van der Waals surface area contributed by atoms with Crippen molar-refractivity contribution in [3.63, 3.8) is 0 Å². The van der Waals surface area contributed by atoms with Crippen molar-refractivity contribution >= 4 is 15.9 Å². The maximum absolute atomic E-state index is 13.2. The Labute approximate surface area is 98.0 Å². The van der Waals surface area contributed by atoms with Gasteiger partial charge in [-0.15, -0.1) is 0 Å². The van der Waals surface area contributed by atoms with E-state index in [2.05, 4.69) is 21.2 Å². The first-order chi connectivity index (χ1) is 7.10. The van der Waals surface area contributed by atoms with E-state index in [1.165, 1.54) is 6.07 Å². The summed E-state index contributed by atoms with van der Waals surface area (Å²) < 4.78 is 18.9. The molecule has 15 heavy (non-hydrogen) atoms. The molecule has 84 valence electrons. The largest absolute Gasteiger partial charge is 0.496 e. The van der Waals surface area contributed by atoms with E-state index in [1.807, 2.05) is 13.8 Å². The first-order valence-corrected chi connectivity index (χ1v) is 5.65.